The van der Waals surface area contributed by atoms with Crippen LogP contribution in [0.1, 0.15) is 29.6 Å². The van der Waals surface area contributed by atoms with Crippen LogP contribution in [-0.4, -0.2) is 36.0 Å². The molecule has 1 saturated heterocycles. The number of rotatable bonds is 6. The number of nitro groups is 2. The van der Waals surface area contributed by atoms with Crippen LogP contribution in [0.3, 0.4) is 0 Å². The number of nitrogens with one attached hydrogen (secondary N) is 1. The van der Waals surface area contributed by atoms with Crippen LogP contribution in [0, 0.1) is 20.2 Å². The van der Waals surface area contributed by atoms with E-state index in [4.69, 9.17) is 4.74 Å². The second-order valence-electron chi connectivity index (χ2n) is 6.61. The summed E-state index contributed by atoms with van der Waals surface area (Å²) in [6.45, 7) is 1.48. The van der Waals surface area contributed by atoms with Crippen molar-refractivity contribution in [2.45, 2.75) is 19.3 Å². The highest BCUT2D eigenvalue weighted by molar-refractivity contribution is 6.05. The molecule has 10 nitrogen and oxygen atoms in total. The zero-order chi connectivity index (χ0) is 21.0. The quantitative estimate of drug-likeness (QED) is 0.577. The lowest BCUT2D eigenvalue weighted by molar-refractivity contribution is -0.385. The molecule has 1 aliphatic heterocycles. The molecule has 1 fully saturated rings. The number of hydrogen-bond acceptors (Lipinski definition) is 7. The number of carbonyl (C=O) groups excluding carboxylic acids is 1. The van der Waals surface area contributed by atoms with Crippen molar-refractivity contribution in [3.63, 3.8) is 0 Å². The van der Waals surface area contributed by atoms with Gasteiger partial charge in [0.25, 0.3) is 11.6 Å². The Bertz CT molecular complexity index is 956. The van der Waals surface area contributed by atoms with Gasteiger partial charge in [0.05, 0.1) is 17.0 Å². The minimum atomic E-state index is -0.618. The van der Waals surface area contributed by atoms with Crippen molar-refractivity contribution in [3.8, 4) is 5.75 Å². The van der Waals surface area contributed by atoms with Gasteiger partial charge in [-0.3, -0.25) is 25.0 Å². The van der Waals surface area contributed by atoms with Crippen LogP contribution in [0.25, 0.3) is 0 Å². The maximum atomic E-state index is 12.6. The van der Waals surface area contributed by atoms with E-state index < -0.39 is 15.8 Å². The number of methoxy groups -OCH3 is 1. The molecule has 0 radical (unpaired) electrons. The van der Waals surface area contributed by atoms with E-state index in [9.17, 15) is 25.0 Å². The van der Waals surface area contributed by atoms with Gasteiger partial charge in [-0.05, 0) is 43.5 Å². The molecular formula is C19H20N4O6. The van der Waals surface area contributed by atoms with E-state index in [0.717, 1.165) is 32.4 Å². The Hall–Kier alpha value is -3.69. The molecule has 152 valence electrons. The Balaban J connectivity index is 1.86. The summed E-state index contributed by atoms with van der Waals surface area (Å²) in [4.78, 5) is 36.1. The van der Waals surface area contributed by atoms with Crippen molar-refractivity contribution in [1.29, 1.82) is 0 Å². The number of anilines is 2. The summed E-state index contributed by atoms with van der Waals surface area (Å²) in [5.74, 6) is -0.535. The van der Waals surface area contributed by atoms with E-state index in [1.54, 1.807) is 6.07 Å². The average molecular weight is 400 g/mol. The number of piperidine rings is 1. The number of carbonyl (C=O) groups is 1. The third-order valence-corrected chi connectivity index (χ3v) is 4.76. The summed E-state index contributed by atoms with van der Waals surface area (Å²) in [6, 6.07) is 8.33. The van der Waals surface area contributed by atoms with Gasteiger partial charge in [0.1, 0.15) is 5.69 Å². The molecule has 1 N–H and O–H groups in total. The third-order valence-electron chi connectivity index (χ3n) is 4.76. The first-order chi connectivity index (χ1) is 13.9. The highest BCUT2D eigenvalue weighted by atomic mass is 16.6. The number of ether oxygens (including phenoxy) is 1. The van der Waals surface area contributed by atoms with Gasteiger partial charge in [-0.25, -0.2) is 0 Å². The summed E-state index contributed by atoms with van der Waals surface area (Å²) in [7, 11) is 1.31. The van der Waals surface area contributed by atoms with E-state index >= 15 is 0 Å². The molecule has 0 aliphatic carbocycles. The second kappa shape index (κ2) is 8.55. The maximum Gasteiger partial charge on any atom is 0.312 e. The second-order valence-corrected chi connectivity index (χ2v) is 6.61. The van der Waals surface area contributed by atoms with Gasteiger partial charge in [0, 0.05) is 36.5 Å². The third kappa shape index (κ3) is 4.42. The van der Waals surface area contributed by atoms with Crippen LogP contribution in [0.4, 0.5) is 22.7 Å². The van der Waals surface area contributed by atoms with Crippen LogP contribution >= 0.6 is 0 Å². The molecule has 1 heterocycles. The van der Waals surface area contributed by atoms with Crippen molar-refractivity contribution >= 4 is 28.7 Å². The Labute approximate surface area is 166 Å². The number of nitro benzene ring substituents is 2. The van der Waals surface area contributed by atoms with Gasteiger partial charge in [-0.2, -0.15) is 0 Å². The van der Waals surface area contributed by atoms with E-state index in [0.29, 0.717) is 5.69 Å². The van der Waals surface area contributed by atoms with Crippen LogP contribution in [0.2, 0.25) is 0 Å². The molecule has 1 aliphatic rings. The summed E-state index contributed by atoms with van der Waals surface area (Å²) < 4.78 is 4.93. The van der Waals surface area contributed by atoms with Crippen LogP contribution in [0.15, 0.2) is 36.4 Å². The lowest BCUT2D eigenvalue weighted by Gasteiger charge is -2.28. The van der Waals surface area contributed by atoms with Gasteiger partial charge in [0.15, 0.2) is 5.75 Å². The lowest BCUT2D eigenvalue weighted by atomic mass is 10.1. The topological polar surface area (TPSA) is 128 Å². The lowest BCUT2D eigenvalue weighted by Crippen LogP contribution is -2.30. The Morgan fingerprint density at radius 1 is 1.00 bits per heavy atom. The Morgan fingerprint density at radius 3 is 2.31 bits per heavy atom. The monoisotopic (exact) mass is 400 g/mol. The average Bonchev–Trinajstić information content (AvgIpc) is 2.73. The van der Waals surface area contributed by atoms with Gasteiger partial charge < -0.3 is 15.0 Å². The first-order valence-corrected chi connectivity index (χ1v) is 9.08. The normalized spacial score (nSPS) is 13.6. The summed E-state index contributed by atoms with van der Waals surface area (Å²) >= 11 is 0. The van der Waals surface area contributed by atoms with Crippen molar-refractivity contribution in [3.05, 3.63) is 62.2 Å². The fourth-order valence-electron chi connectivity index (χ4n) is 3.33. The standard InChI is InChI=1S/C19H20N4O6/c1-29-18-8-6-14(12-17(18)23(27)28)20-19(24)13-5-7-15(16(11-13)22(25)26)21-9-3-2-4-10-21/h5-8,11-12H,2-4,9-10H2,1H3,(H,20,24). The predicted octanol–water partition coefficient (Wildman–Crippen LogP) is 3.75. The highest BCUT2D eigenvalue weighted by Crippen LogP contribution is 2.32. The molecule has 0 spiro atoms. The first-order valence-electron chi connectivity index (χ1n) is 9.08. The Kier molecular flexibility index (Phi) is 5.91. The van der Waals surface area contributed by atoms with Crippen molar-refractivity contribution in [1.82, 2.24) is 0 Å². The number of hydrogen-bond donors (Lipinski definition) is 1. The molecule has 2 aromatic rings. The summed E-state index contributed by atoms with van der Waals surface area (Å²) in [5.41, 5.74) is 0.338. The van der Waals surface area contributed by atoms with Gasteiger partial charge >= 0.3 is 5.69 Å². The molecule has 10 heteroatoms. The summed E-state index contributed by atoms with van der Waals surface area (Å²) in [5, 5.41) is 25.2. The molecule has 0 atom stereocenters. The minimum absolute atomic E-state index is 0.0644. The summed E-state index contributed by atoms with van der Waals surface area (Å²) in [6.07, 6.45) is 3.03. The molecule has 29 heavy (non-hydrogen) atoms. The SMILES string of the molecule is COc1ccc(NC(=O)c2ccc(N3CCCCC3)c([N+](=O)[O-])c2)cc1[N+](=O)[O-]. The van der Waals surface area contributed by atoms with Gasteiger partial charge in [0.2, 0.25) is 0 Å². The first kappa shape index (κ1) is 20.1. The predicted molar refractivity (Wildman–Crippen MR) is 107 cm³/mol. The van der Waals surface area contributed by atoms with Crippen LogP contribution < -0.4 is 15.0 Å². The number of benzene rings is 2. The fourth-order valence-corrected chi connectivity index (χ4v) is 3.33. The number of nitrogens with zero attached hydrogens (tertiary/aromatic N) is 3. The van der Waals surface area contributed by atoms with E-state index in [-0.39, 0.29) is 28.4 Å². The Morgan fingerprint density at radius 2 is 1.69 bits per heavy atom. The molecular weight excluding hydrogens is 380 g/mol. The van der Waals surface area contributed by atoms with Gasteiger partial charge in [-0.1, -0.05) is 0 Å². The zero-order valence-corrected chi connectivity index (χ0v) is 15.8. The van der Waals surface area contributed by atoms with E-state index in [1.165, 1.54) is 37.4 Å². The smallest absolute Gasteiger partial charge is 0.312 e. The molecule has 1 amide bonds. The molecule has 0 bridgehead atoms. The zero-order valence-electron chi connectivity index (χ0n) is 15.8. The number of amides is 1. The largest absolute Gasteiger partial charge is 0.490 e. The fraction of sp³-hybridized carbons (Fsp3) is 0.316. The minimum Gasteiger partial charge on any atom is -0.490 e. The van der Waals surface area contributed by atoms with E-state index in [2.05, 4.69) is 5.32 Å². The highest BCUT2D eigenvalue weighted by Gasteiger charge is 2.23. The molecule has 0 saturated carbocycles. The van der Waals surface area contributed by atoms with Crippen molar-refractivity contribution in [2.24, 2.45) is 0 Å². The van der Waals surface area contributed by atoms with Crippen molar-refractivity contribution in [2.75, 3.05) is 30.4 Å². The van der Waals surface area contributed by atoms with E-state index in [1.807, 2.05) is 4.90 Å². The van der Waals surface area contributed by atoms with Crippen LogP contribution in [-0.2, 0) is 0 Å². The van der Waals surface area contributed by atoms with Crippen LogP contribution in [0.5, 0.6) is 5.75 Å². The van der Waals surface area contributed by atoms with Gasteiger partial charge in [-0.15, -0.1) is 0 Å². The van der Waals surface area contributed by atoms with Crippen molar-refractivity contribution < 1.29 is 19.4 Å². The molecule has 2 aromatic carbocycles. The molecule has 0 unspecified atom stereocenters. The molecule has 3 rings (SSSR count). The molecule has 0 aromatic heterocycles. The maximum absolute atomic E-state index is 12.6.